The summed E-state index contributed by atoms with van der Waals surface area (Å²) in [6.07, 6.45) is 1.64. The monoisotopic (exact) mass is 307 g/mol. The molecule has 0 aromatic carbocycles. The van der Waals surface area contributed by atoms with E-state index in [4.69, 9.17) is 4.74 Å². The van der Waals surface area contributed by atoms with Gasteiger partial charge in [0.15, 0.2) is 0 Å². The molecule has 0 unspecified atom stereocenters. The molecule has 0 radical (unpaired) electrons. The van der Waals surface area contributed by atoms with Crippen LogP contribution in [0.4, 0.5) is 5.69 Å². The highest BCUT2D eigenvalue weighted by Crippen LogP contribution is 2.21. The highest BCUT2D eigenvalue weighted by molar-refractivity contribution is 7.08. The van der Waals surface area contributed by atoms with Crippen LogP contribution in [-0.2, 0) is 6.42 Å². The highest BCUT2D eigenvalue weighted by atomic mass is 32.1. The summed E-state index contributed by atoms with van der Waals surface area (Å²) in [4.78, 5) is 21.2. The third-order valence-corrected chi connectivity index (χ3v) is 3.69. The first-order valence-electron chi connectivity index (χ1n) is 6.58. The number of amides is 1. The van der Waals surface area contributed by atoms with E-state index >= 15 is 0 Å². The van der Waals surface area contributed by atoms with Gasteiger partial charge in [-0.1, -0.05) is 17.8 Å². The molecule has 21 heavy (non-hydrogen) atoms. The number of anilines is 1. The molecule has 0 atom stereocenters. The van der Waals surface area contributed by atoms with Gasteiger partial charge >= 0.3 is 6.01 Å². The van der Waals surface area contributed by atoms with Crippen molar-refractivity contribution in [3.63, 3.8) is 0 Å². The summed E-state index contributed by atoms with van der Waals surface area (Å²) in [5.41, 5.74) is 2.63. The van der Waals surface area contributed by atoms with Crippen LogP contribution in [0.2, 0.25) is 0 Å². The molecule has 0 fully saturated rings. The molecule has 2 aromatic heterocycles. The van der Waals surface area contributed by atoms with Crippen molar-refractivity contribution in [2.45, 2.75) is 33.6 Å². The number of aromatic nitrogens is 4. The summed E-state index contributed by atoms with van der Waals surface area (Å²) in [7, 11) is 1.51. The van der Waals surface area contributed by atoms with E-state index in [1.807, 2.05) is 6.92 Å². The Morgan fingerprint density at radius 3 is 2.52 bits per heavy atom. The molecule has 8 heteroatoms. The zero-order chi connectivity index (χ0) is 15.4. The van der Waals surface area contributed by atoms with Crippen LogP contribution in [0, 0.1) is 13.8 Å². The Hall–Kier alpha value is -2.09. The highest BCUT2D eigenvalue weighted by Gasteiger charge is 2.18. The molecule has 112 valence electrons. The maximum absolute atomic E-state index is 12.4. The minimum absolute atomic E-state index is 0.228. The van der Waals surface area contributed by atoms with Gasteiger partial charge in [-0.3, -0.25) is 4.79 Å². The van der Waals surface area contributed by atoms with Crippen molar-refractivity contribution in [2.24, 2.45) is 0 Å². The van der Waals surface area contributed by atoms with Gasteiger partial charge in [0.05, 0.1) is 29.9 Å². The zero-order valence-electron chi connectivity index (χ0n) is 12.4. The zero-order valence-corrected chi connectivity index (χ0v) is 13.2. The van der Waals surface area contributed by atoms with E-state index in [-0.39, 0.29) is 11.9 Å². The normalized spacial score (nSPS) is 10.5. The molecular formula is C13H17N5O2S. The number of ether oxygens (including phenoxy) is 1. The number of nitrogens with one attached hydrogen (secondary N) is 1. The molecule has 0 saturated heterocycles. The molecule has 0 aliphatic carbocycles. The molecule has 2 heterocycles. The maximum atomic E-state index is 12.4. The van der Waals surface area contributed by atoms with E-state index in [1.54, 1.807) is 13.8 Å². The molecule has 7 nitrogen and oxygen atoms in total. The van der Waals surface area contributed by atoms with E-state index < -0.39 is 0 Å². The molecule has 0 spiro atoms. The van der Waals surface area contributed by atoms with Crippen molar-refractivity contribution in [1.82, 2.24) is 19.6 Å². The van der Waals surface area contributed by atoms with Crippen LogP contribution in [0.3, 0.4) is 0 Å². The second-order valence-electron chi connectivity index (χ2n) is 4.51. The summed E-state index contributed by atoms with van der Waals surface area (Å²) in [5.74, 6) is -0.228. The lowest BCUT2D eigenvalue weighted by molar-refractivity contribution is 0.102. The number of methoxy groups -OCH3 is 1. The summed E-state index contributed by atoms with van der Waals surface area (Å²) in [6, 6.07) is 0.286. The lowest BCUT2D eigenvalue weighted by Crippen LogP contribution is -2.15. The Bertz CT molecular complexity index is 633. The lowest BCUT2D eigenvalue weighted by Gasteiger charge is -2.11. The van der Waals surface area contributed by atoms with Gasteiger partial charge in [0.25, 0.3) is 5.91 Å². The summed E-state index contributed by atoms with van der Waals surface area (Å²) in [6.45, 7) is 5.63. The van der Waals surface area contributed by atoms with Gasteiger partial charge in [-0.25, -0.2) is 0 Å². The molecule has 0 aliphatic rings. The Morgan fingerprint density at radius 2 is 1.95 bits per heavy atom. The second kappa shape index (κ2) is 6.57. The minimum atomic E-state index is -0.228. The van der Waals surface area contributed by atoms with E-state index in [0.29, 0.717) is 22.0 Å². The van der Waals surface area contributed by atoms with Crippen molar-refractivity contribution >= 4 is 23.1 Å². The SMILES string of the molecule is CCCc1nnsc1C(=O)Nc1c(C)nc(OC)nc1C. The summed E-state index contributed by atoms with van der Waals surface area (Å²) < 4.78 is 8.86. The molecular weight excluding hydrogens is 290 g/mol. The fourth-order valence-electron chi connectivity index (χ4n) is 1.91. The van der Waals surface area contributed by atoms with E-state index in [9.17, 15) is 4.79 Å². The van der Waals surface area contributed by atoms with Gasteiger partial charge in [0, 0.05) is 0 Å². The third-order valence-electron chi connectivity index (χ3n) is 2.92. The molecule has 1 amide bonds. The Labute approximate surface area is 126 Å². The van der Waals surface area contributed by atoms with Gasteiger partial charge in [-0.2, -0.15) is 9.97 Å². The molecule has 2 rings (SSSR count). The number of aryl methyl sites for hydroxylation is 3. The molecule has 2 aromatic rings. The predicted molar refractivity (Wildman–Crippen MR) is 79.9 cm³/mol. The van der Waals surface area contributed by atoms with Crippen LogP contribution < -0.4 is 10.1 Å². The van der Waals surface area contributed by atoms with Gasteiger partial charge in [0.1, 0.15) is 4.88 Å². The van der Waals surface area contributed by atoms with E-state index in [2.05, 4.69) is 24.9 Å². The summed E-state index contributed by atoms with van der Waals surface area (Å²) in [5, 5.41) is 6.84. The first-order chi connectivity index (χ1) is 10.1. The topological polar surface area (TPSA) is 89.9 Å². The average molecular weight is 307 g/mol. The first-order valence-corrected chi connectivity index (χ1v) is 7.36. The second-order valence-corrected chi connectivity index (χ2v) is 5.26. The number of carbonyl (C=O) groups is 1. The maximum Gasteiger partial charge on any atom is 0.316 e. The Kier molecular flexibility index (Phi) is 4.79. The van der Waals surface area contributed by atoms with E-state index in [0.717, 1.165) is 30.1 Å². The van der Waals surface area contributed by atoms with E-state index in [1.165, 1.54) is 7.11 Å². The van der Waals surface area contributed by atoms with Crippen molar-refractivity contribution < 1.29 is 9.53 Å². The van der Waals surface area contributed by atoms with Gasteiger partial charge < -0.3 is 10.1 Å². The molecule has 0 aliphatic heterocycles. The van der Waals surface area contributed by atoms with Crippen LogP contribution in [0.1, 0.15) is 40.1 Å². The number of carbonyl (C=O) groups excluding carboxylic acids is 1. The Balaban J connectivity index is 2.25. The third kappa shape index (κ3) is 3.33. The quantitative estimate of drug-likeness (QED) is 0.910. The smallest absolute Gasteiger partial charge is 0.316 e. The molecule has 0 saturated carbocycles. The standard InChI is InChI=1S/C13H17N5O2S/c1-5-6-9-11(21-18-17-9)12(19)16-10-7(2)14-13(20-4)15-8(10)3/h5-6H2,1-4H3,(H,16,19). The number of hydrogen-bond acceptors (Lipinski definition) is 7. The molecule has 1 N–H and O–H groups in total. The number of rotatable bonds is 5. The van der Waals surface area contributed by atoms with Crippen LogP contribution in [-0.4, -0.2) is 32.6 Å². The number of nitrogens with zero attached hydrogens (tertiary/aromatic N) is 4. The fourth-order valence-corrected chi connectivity index (χ4v) is 2.51. The lowest BCUT2D eigenvalue weighted by atomic mass is 10.2. The van der Waals surface area contributed by atoms with Crippen molar-refractivity contribution in [3.05, 3.63) is 22.0 Å². The Morgan fingerprint density at radius 1 is 1.29 bits per heavy atom. The van der Waals surface area contributed by atoms with Gasteiger partial charge in [-0.05, 0) is 31.8 Å². The van der Waals surface area contributed by atoms with Crippen LogP contribution >= 0.6 is 11.5 Å². The first kappa shape index (κ1) is 15.3. The van der Waals surface area contributed by atoms with Gasteiger partial charge in [0.2, 0.25) is 0 Å². The van der Waals surface area contributed by atoms with Crippen LogP contribution in [0.25, 0.3) is 0 Å². The van der Waals surface area contributed by atoms with Crippen molar-refractivity contribution in [3.8, 4) is 6.01 Å². The predicted octanol–water partition coefficient (Wildman–Crippen LogP) is 2.16. The molecule has 0 bridgehead atoms. The number of hydrogen-bond donors (Lipinski definition) is 1. The summed E-state index contributed by atoms with van der Waals surface area (Å²) >= 11 is 1.10. The van der Waals surface area contributed by atoms with Crippen molar-refractivity contribution in [1.29, 1.82) is 0 Å². The van der Waals surface area contributed by atoms with Crippen molar-refractivity contribution in [2.75, 3.05) is 12.4 Å². The van der Waals surface area contributed by atoms with Crippen LogP contribution in [0.15, 0.2) is 0 Å². The van der Waals surface area contributed by atoms with Gasteiger partial charge in [-0.15, -0.1) is 5.10 Å². The largest absolute Gasteiger partial charge is 0.467 e. The average Bonchev–Trinajstić information content (AvgIpc) is 2.91. The minimum Gasteiger partial charge on any atom is -0.467 e. The van der Waals surface area contributed by atoms with Crippen LogP contribution in [0.5, 0.6) is 6.01 Å². The fraction of sp³-hybridized carbons (Fsp3) is 0.462.